The van der Waals surface area contributed by atoms with Crippen LogP contribution in [0.2, 0.25) is 5.02 Å². The molecule has 0 spiro atoms. The van der Waals surface area contributed by atoms with E-state index >= 15 is 0 Å². The van der Waals surface area contributed by atoms with Crippen molar-refractivity contribution in [2.75, 3.05) is 14.2 Å². The summed E-state index contributed by atoms with van der Waals surface area (Å²) < 4.78 is 15.1. The number of carboxylic acid groups (broad SMARTS) is 1. The number of halogens is 1. The maximum atomic E-state index is 11.1. The lowest BCUT2D eigenvalue weighted by Crippen LogP contribution is -1.95. The zero-order chi connectivity index (χ0) is 16.4. The standard InChI is InChI=1S/C13H10ClNO7/c1-20-8-4-3-7(14)11(21-2)10(8)6-5-9(13(16)17)22-12(6)15(18)19/h3-5H,1-2H3,(H,16,17). The molecule has 1 aromatic carbocycles. The van der Waals surface area contributed by atoms with Crippen molar-refractivity contribution in [1.82, 2.24) is 0 Å². The molecule has 8 nitrogen and oxygen atoms in total. The van der Waals surface area contributed by atoms with Crippen LogP contribution >= 0.6 is 11.6 Å². The Balaban J connectivity index is 2.83. The van der Waals surface area contributed by atoms with Crippen LogP contribution in [0, 0.1) is 10.1 Å². The third kappa shape index (κ3) is 2.56. The van der Waals surface area contributed by atoms with E-state index in [1.807, 2.05) is 0 Å². The first-order chi connectivity index (χ1) is 10.4. The monoisotopic (exact) mass is 327 g/mol. The molecule has 0 aliphatic carbocycles. The molecule has 0 radical (unpaired) electrons. The maximum Gasteiger partial charge on any atom is 0.442 e. The number of nitrogens with zero attached hydrogens (tertiary/aromatic N) is 1. The number of carboxylic acids is 1. The van der Waals surface area contributed by atoms with Crippen molar-refractivity contribution < 1.29 is 28.7 Å². The summed E-state index contributed by atoms with van der Waals surface area (Å²) in [5.74, 6) is -2.42. The van der Waals surface area contributed by atoms with E-state index in [0.717, 1.165) is 6.07 Å². The number of hydrogen-bond donors (Lipinski definition) is 1. The van der Waals surface area contributed by atoms with Gasteiger partial charge in [0.25, 0.3) is 0 Å². The predicted octanol–water partition coefficient (Wildman–Crippen LogP) is 3.22. The van der Waals surface area contributed by atoms with E-state index in [1.54, 1.807) is 0 Å². The second-order valence-corrected chi connectivity index (χ2v) is 4.46. The predicted molar refractivity (Wildman–Crippen MR) is 75.9 cm³/mol. The van der Waals surface area contributed by atoms with E-state index in [1.165, 1.54) is 26.4 Å². The Labute approximate surface area is 129 Å². The van der Waals surface area contributed by atoms with Gasteiger partial charge in [0, 0.05) is 6.07 Å². The number of aromatic carboxylic acids is 1. The highest BCUT2D eigenvalue weighted by molar-refractivity contribution is 6.32. The van der Waals surface area contributed by atoms with Gasteiger partial charge in [-0.3, -0.25) is 10.1 Å². The van der Waals surface area contributed by atoms with Crippen LogP contribution in [0.1, 0.15) is 10.6 Å². The highest BCUT2D eigenvalue weighted by Crippen LogP contribution is 2.47. The number of furan rings is 1. The van der Waals surface area contributed by atoms with E-state index < -0.39 is 22.5 Å². The Bertz CT molecular complexity index is 753. The minimum absolute atomic E-state index is 0.0985. The Kier molecular flexibility index (Phi) is 4.22. The molecule has 1 aromatic heterocycles. The highest BCUT2D eigenvalue weighted by Gasteiger charge is 2.30. The van der Waals surface area contributed by atoms with Crippen molar-refractivity contribution in [2.45, 2.75) is 0 Å². The van der Waals surface area contributed by atoms with E-state index in [9.17, 15) is 14.9 Å². The van der Waals surface area contributed by atoms with Gasteiger partial charge in [-0.15, -0.1) is 0 Å². The molecule has 0 aliphatic heterocycles. The SMILES string of the molecule is COc1ccc(Cl)c(OC)c1-c1cc(C(=O)O)oc1[N+](=O)[O-]. The molecule has 0 unspecified atom stereocenters. The third-order valence-electron chi connectivity index (χ3n) is 2.85. The summed E-state index contributed by atoms with van der Waals surface area (Å²) in [6.45, 7) is 0. The van der Waals surface area contributed by atoms with E-state index in [2.05, 4.69) is 0 Å². The van der Waals surface area contributed by atoms with E-state index in [4.69, 9.17) is 30.6 Å². The molecule has 1 N–H and O–H groups in total. The van der Waals surface area contributed by atoms with Crippen molar-refractivity contribution in [3.8, 4) is 22.6 Å². The molecule has 0 amide bonds. The first kappa shape index (κ1) is 15.6. The topological polar surface area (TPSA) is 112 Å². The molecule has 0 saturated heterocycles. The number of nitro groups is 1. The second-order valence-electron chi connectivity index (χ2n) is 4.05. The van der Waals surface area contributed by atoms with Crippen LogP contribution in [0.3, 0.4) is 0 Å². The lowest BCUT2D eigenvalue weighted by Gasteiger charge is -2.12. The molecule has 2 rings (SSSR count). The van der Waals surface area contributed by atoms with Gasteiger partial charge in [0.2, 0.25) is 5.76 Å². The molecular formula is C13H10ClNO7. The van der Waals surface area contributed by atoms with Crippen LogP contribution in [0.25, 0.3) is 11.1 Å². The first-order valence-corrected chi connectivity index (χ1v) is 6.20. The van der Waals surface area contributed by atoms with Gasteiger partial charge in [0.05, 0.1) is 24.8 Å². The van der Waals surface area contributed by atoms with Gasteiger partial charge in [-0.25, -0.2) is 4.79 Å². The van der Waals surface area contributed by atoms with Crippen LogP contribution in [-0.4, -0.2) is 30.2 Å². The number of carbonyl (C=O) groups is 1. The molecular weight excluding hydrogens is 318 g/mol. The number of benzene rings is 1. The molecule has 0 fully saturated rings. The van der Waals surface area contributed by atoms with Gasteiger partial charge >= 0.3 is 11.9 Å². The average Bonchev–Trinajstić information content (AvgIpc) is 2.92. The summed E-state index contributed by atoms with van der Waals surface area (Å²) >= 11 is 6.01. The molecule has 0 bridgehead atoms. The fourth-order valence-electron chi connectivity index (χ4n) is 1.97. The number of methoxy groups -OCH3 is 2. The number of rotatable bonds is 5. The quantitative estimate of drug-likeness (QED) is 0.662. The first-order valence-electron chi connectivity index (χ1n) is 5.83. The van der Waals surface area contributed by atoms with Crippen molar-refractivity contribution >= 4 is 23.5 Å². The fraction of sp³-hybridized carbons (Fsp3) is 0.154. The van der Waals surface area contributed by atoms with Gasteiger partial charge in [-0.1, -0.05) is 11.6 Å². The Hall–Kier alpha value is -2.74. The average molecular weight is 328 g/mol. The van der Waals surface area contributed by atoms with Gasteiger partial charge in [0.15, 0.2) is 0 Å². The lowest BCUT2D eigenvalue weighted by molar-refractivity contribution is -0.401. The molecule has 22 heavy (non-hydrogen) atoms. The van der Waals surface area contributed by atoms with Gasteiger partial charge in [-0.2, -0.15) is 0 Å². The molecule has 0 atom stereocenters. The van der Waals surface area contributed by atoms with Gasteiger partial charge in [-0.05, 0) is 12.1 Å². The molecule has 2 aromatic rings. The summed E-state index contributed by atoms with van der Waals surface area (Å²) in [6, 6.07) is 4.00. The van der Waals surface area contributed by atoms with Crippen LogP contribution in [0.4, 0.5) is 5.88 Å². The van der Waals surface area contributed by atoms with Crippen molar-refractivity contribution in [3.63, 3.8) is 0 Å². The molecule has 0 saturated carbocycles. The molecule has 1 heterocycles. The highest BCUT2D eigenvalue weighted by atomic mass is 35.5. The largest absolute Gasteiger partial charge is 0.496 e. The zero-order valence-corrected chi connectivity index (χ0v) is 12.2. The van der Waals surface area contributed by atoms with Gasteiger partial charge in [0.1, 0.15) is 22.0 Å². The molecule has 116 valence electrons. The third-order valence-corrected chi connectivity index (χ3v) is 3.15. The minimum Gasteiger partial charge on any atom is -0.496 e. The molecule has 0 aliphatic rings. The maximum absolute atomic E-state index is 11.1. The zero-order valence-electron chi connectivity index (χ0n) is 11.5. The van der Waals surface area contributed by atoms with Crippen molar-refractivity contribution in [2.24, 2.45) is 0 Å². The Morgan fingerprint density at radius 3 is 2.55 bits per heavy atom. The Morgan fingerprint density at radius 2 is 2.05 bits per heavy atom. The van der Waals surface area contributed by atoms with Crippen LogP contribution in [-0.2, 0) is 0 Å². The number of hydrogen-bond acceptors (Lipinski definition) is 6. The minimum atomic E-state index is -1.44. The summed E-state index contributed by atoms with van der Waals surface area (Å²) in [4.78, 5) is 21.3. The summed E-state index contributed by atoms with van der Waals surface area (Å²) in [6.07, 6.45) is 0. The lowest BCUT2D eigenvalue weighted by atomic mass is 10.0. The summed E-state index contributed by atoms with van der Waals surface area (Å²) in [5, 5.41) is 20.3. The van der Waals surface area contributed by atoms with Crippen LogP contribution in [0.15, 0.2) is 22.6 Å². The van der Waals surface area contributed by atoms with Crippen molar-refractivity contribution in [1.29, 1.82) is 0 Å². The fourth-order valence-corrected chi connectivity index (χ4v) is 2.20. The smallest absolute Gasteiger partial charge is 0.442 e. The normalized spacial score (nSPS) is 10.3. The number of ether oxygens (including phenoxy) is 2. The second kappa shape index (κ2) is 5.94. The van der Waals surface area contributed by atoms with Crippen molar-refractivity contribution in [3.05, 3.63) is 39.1 Å². The summed E-state index contributed by atoms with van der Waals surface area (Å²) in [7, 11) is 2.68. The summed E-state index contributed by atoms with van der Waals surface area (Å²) in [5.41, 5.74) is 0.0408. The van der Waals surface area contributed by atoms with E-state index in [0.29, 0.717) is 0 Å². The Morgan fingerprint density at radius 1 is 1.36 bits per heavy atom. The van der Waals surface area contributed by atoms with E-state index in [-0.39, 0.29) is 27.6 Å². The van der Waals surface area contributed by atoms with Gasteiger partial charge < -0.3 is 19.0 Å². The van der Waals surface area contributed by atoms with Crippen LogP contribution < -0.4 is 9.47 Å². The molecule has 9 heteroatoms. The van der Waals surface area contributed by atoms with Crippen LogP contribution in [0.5, 0.6) is 11.5 Å².